The smallest absolute Gasteiger partial charge is 0.266 e. The summed E-state index contributed by atoms with van der Waals surface area (Å²) in [6, 6.07) is 8.14. The van der Waals surface area contributed by atoms with E-state index in [0.717, 1.165) is 5.56 Å². The summed E-state index contributed by atoms with van der Waals surface area (Å²) in [5, 5.41) is 1.09. The minimum absolute atomic E-state index is 0.00396. The number of hydrogen-bond acceptors (Lipinski definition) is 3. The van der Waals surface area contributed by atoms with Gasteiger partial charge in [0, 0.05) is 35.1 Å². The summed E-state index contributed by atoms with van der Waals surface area (Å²) in [5.41, 5.74) is 0.947. The summed E-state index contributed by atoms with van der Waals surface area (Å²) >= 11 is 7.61. The second-order valence-electron chi connectivity index (χ2n) is 5.77. The second-order valence-corrected chi connectivity index (χ2v) is 7.20. The monoisotopic (exact) mass is 362 g/mol. The number of carbonyl (C=O) groups excluding carboxylic acids is 1. The van der Waals surface area contributed by atoms with Crippen LogP contribution in [0.15, 0.2) is 42.7 Å². The molecule has 0 atom stereocenters. The number of nitrogens with zero attached hydrogens (tertiary/aromatic N) is 2. The molecule has 0 aliphatic rings. The molecule has 2 heterocycles. The zero-order valence-electron chi connectivity index (χ0n) is 13.3. The van der Waals surface area contributed by atoms with Crippen molar-refractivity contribution in [2.24, 2.45) is 0 Å². The Hall–Kier alpha value is -1.98. The number of rotatable bonds is 4. The Kier molecular flexibility index (Phi) is 4.83. The fourth-order valence-electron chi connectivity index (χ4n) is 2.48. The highest BCUT2D eigenvalue weighted by Gasteiger charge is 2.24. The summed E-state index contributed by atoms with van der Waals surface area (Å²) in [7, 11) is 0. The molecule has 3 aromatic rings. The van der Waals surface area contributed by atoms with E-state index in [2.05, 4.69) is 4.98 Å². The van der Waals surface area contributed by atoms with E-state index in [9.17, 15) is 9.18 Å². The standard InChI is InChI=1S/C18H16ClFN2OS/c1-11(2)22(10-12-4-3-7-21-9-12)18(23)17-16(19)14-6-5-13(20)8-15(14)24-17/h3-9,11H,10H2,1-2H3. The summed E-state index contributed by atoms with van der Waals surface area (Å²) in [5.74, 6) is -0.490. The first-order chi connectivity index (χ1) is 11.5. The molecule has 0 spiro atoms. The Morgan fingerprint density at radius 1 is 1.38 bits per heavy atom. The fraction of sp³-hybridized carbons (Fsp3) is 0.222. The van der Waals surface area contributed by atoms with E-state index in [-0.39, 0.29) is 17.8 Å². The lowest BCUT2D eigenvalue weighted by molar-refractivity contribution is 0.0695. The van der Waals surface area contributed by atoms with Crippen molar-refractivity contribution < 1.29 is 9.18 Å². The molecule has 0 radical (unpaired) electrons. The molecule has 0 N–H and O–H groups in total. The van der Waals surface area contributed by atoms with Gasteiger partial charge in [-0.05, 0) is 43.7 Å². The Bertz CT molecular complexity index is 879. The lowest BCUT2D eigenvalue weighted by atomic mass is 10.2. The van der Waals surface area contributed by atoms with Gasteiger partial charge in [-0.25, -0.2) is 4.39 Å². The number of pyridine rings is 1. The van der Waals surface area contributed by atoms with Crippen molar-refractivity contribution in [1.29, 1.82) is 0 Å². The summed E-state index contributed by atoms with van der Waals surface area (Å²) in [6.07, 6.45) is 3.44. The van der Waals surface area contributed by atoms with Crippen LogP contribution in [0.25, 0.3) is 10.1 Å². The van der Waals surface area contributed by atoms with E-state index in [1.807, 2.05) is 26.0 Å². The van der Waals surface area contributed by atoms with Crippen LogP contribution >= 0.6 is 22.9 Å². The lowest BCUT2D eigenvalue weighted by Gasteiger charge is -2.26. The molecule has 6 heteroatoms. The van der Waals surface area contributed by atoms with Gasteiger partial charge in [0.25, 0.3) is 5.91 Å². The highest BCUT2D eigenvalue weighted by atomic mass is 35.5. The molecule has 1 aromatic carbocycles. The van der Waals surface area contributed by atoms with Crippen molar-refractivity contribution in [3.8, 4) is 0 Å². The largest absolute Gasteiger partial charge is 0.331 e. The molecule has 3 rings (SSSR count). The third-order valence-corrected chi connectivity index (χ3v) is 5.39. The average molecular weight is 363 g/mol. The van der Waals surface area contributed by atoms with Crippen LogP contribution in [0, 0.1) is 5.82 Å². The molecular weight excluding hydrogens is 347 g/mol. The third kappa shape index (κ3) is 3.28. The number of halogens is 2. The van der Waals surface area contributed by atoms with E-state index in [1.165, 1.54) is 23.5 Å². The van der Waals surface area contributed by atoms with Crippen molar-refractivity contribution in [2.75, 3.05) is 0 Å². The molecule has 2 aromatic heterocycles. The minimum Gasteiger partial charge on any atom is -0.331 e. The van der Waals surface area contributed by atoms with E-state index >= 15 is 0 Å². The molecule has 0 aliphatic heterocycles. The van der Waals surface area contributed by atoms with Gasteiger partial charge in [-0.1, -0.05) is 17.7 Å². The van der Waals surface area contributed by atoms with Crippen LogP contribution < -0.4 is 0 Å². The Balaban J connectivity index is 1.97. The molecule has 1 amide bonds. The predicted molar refractivity (Wildman–Crippen MR) is 96.0 cm³/mol. The van der Waals surface area contributed by atoms with Crippen molar-refractivity contribution in [3.05, 3.63) is 64.0 Å². The predicted octanol–water partition coefficient (Wildman–Crippen LogP) is 5.14. The van der Waals surface area contributed by atoms with Gasteiger partial charge in [0.2, 0.25) is 0 Å². The zero-order chi connectivity index (χ0) is 17.3. The maximum atomic E-state index is 13.4. The van der Waals surface area contributed by atoms with Gasteiger partial charge in [0.05, 0.1) is 5.02 Å². The molecule has 0 saturated carbocycles. The first-order valence-electron chi connectivity index (χ1n) is 7.55. The molecule has 124 valence electrons. The minimum atomic E-state index is -0.338. The van der Waals surface area contributed by atoms with Crippen molar-refractivity contribution in [3.63, 3.8) is 0 Å². The molecule has 0 unspecified atom stereocenters. The normalized spacial score (nSPS) is 11.2. The average Bonchev–Trinajstić information content (AvgIpc) is 2.89. The Morgan fingerprint density at radius 2 is 2.17 bits per heavy atom. The van der Waals surface area contributed by atoms with E-state index in [4.69, 9.17) is 11.6 Å². The van der Waals surface area contributed by atoms with Crippen LogP contribution in [0.5, 0.6) is 0 Å². The first kappa shape index (κ1) is 16.9. The molecule has 3 nitrogen and oxygen atoms in total. The van der Waals surface area contributed by atoms with Crippen LogP contribution in [-0.4, -0.2) is 21.8 Å². The Labute approximate surface area is 148 Å². The fourth-order valence-corrected chi connectivity index (χ4v) is 3.98. The van der Waals surface area contributed by atoms with E-state index < -0.39 is 0 Å². The van der Waals surface area contributed by atoms with Crippen LogP contribution in [-0.2, 0) is 6.54 Å². The van der Waals surface area contributed by atoms with E-state index in [1.54, 1.807) is 23.4 Å². The van der Waals surface area contributed by atoms with Crippen LogP contribution in [0.3, 0.4) is 0 Å². The van der Waals surface area contributed by atoms with E-state index in [0.29, 0.717) is 26.5 Å². The number of hydrogen-bond donors (Lipinski definition) is 0. The number of benzene rings is 1. The molecule has 0 aliphatic carbocycles. The zero-order valence-corrected chi connectivity index (χ0v) is 14.9. The topological polar surface area (TPSA) is 33.2 Å². The van der Waals surface area contributed by atoms with Gasteiger partial charge in [0.1, 0.15) is 10.7 Å². The molecular formula is C18H16ClFN2OS. The second kappa shape index (κ2) is 6.87. The summed E-state index contributed by atoms with van der Waals surface area (Å²) in [4.78, 5) is 19.3. The lowest BCUT2D eigenvalue weighted by Crippen LogP contribution is -2.36. The van der Waals surface area contributed by atoms with Gasteiger partial charge >= 0.3 is 0 Å². The first-order valence-corrected chi connectivity index (χ1v) is 8.74. The van der Waals surface area contributed by atoms with Gasteiger partial charge in [-0.2, -0.15) is 0 Å². The number of fused-ring (bicyclic) bond motifs is 1. The maximum Gasteiger partial charge on any atom is 0.266 e. The van der Waals surface area contributed by atoms with Crippen molar-refractivity contribution in [1.82, 2.24) is 9.88 Å². The van der Waals surface area contributed by atoms with Crippen molar-refractivity contribution >= 4 is 38.9 Å². The van der Waals surface area contributed by atoms with Gasteiger partial charge in [-0.3, -0.25) is 9.78 Å². The SMILES string of the molecule is CC(C)N(Cc1cccnc1)C(=O)c1sc2cc(F)ccc2c1Cl. The van der Waals surface area contributed by atoms with Crippen molar-refractivity contribution in [2.45, 2.75) is 26.4 Å². The number of amides is 1. The molecule has 0 fully saturated rings. The number of aromatic nitrogens is 1. The Morgan fingerprint density at radius 3 is 2.83 bits per heavy atom. The van der Waals surface area contributed by atoms with Crippen LogP contribution in [0.2, 0.25) is 5.02 Å². The molecule has 0 bridgehead atoms. The highest BCUT2D eigenvalue weighted by molar-refractivity contribution is 7.21. The number of carbonyl (C=O) groups is 1. The van der Waals surface area contributed by atoms with Gasteiger partial charge < -0.3 is 4.90 Å². The summed E-state index contributed by atoms with van der Waals surface area (Å²) in [6.45, 7) is 4.35. The highest BCUT2D eigenvalue weighted by Crippen LogP contribution is 2.36. The van der Waals surface area contributed by atoms with Gasteiger partial charge in [0.15, 0.2) is 0 Å². The third-order valence-electron chi connectivity index (χ3n) is 3.75. The van der Waals surface area contributed by atoms with Gasteiger partial charge in [-0.15, -0.1) is 11.3 Å². The number of thiophene rings is 1. The maximum absolute atomic E-state index is 13.4. The quantitative estimate of drug-likeness (QED) is 0.643. The van der Waals surface area contributed by atoms with Crippen LogP contribution in [0.4, 0.5) is 4.39 Å². The summed E-state index contributed by atoms with van der Waals surface area (Å²) < 4.78 is 14.1. The molecule has 24 heavy (non-hydrogen) atoms. The molecule has 0 saturated heterocycles. The van der Waals surface area contributed by atoms with Crippen LogP contribution in [0.1, 0.15) is 29.1 Å².